The van der Waals surface area contributed by atoms with E-state index in [1.165, 1.54) is 13.8 Å². The van der Waals surface area contributed by atoms with E-state index in [4.69, 9.17) is 28.4 Å². The number of rotatable bonds is 13. The molecular weight excluding hydrogens is 636 g/mol. The lowest BCUT2D eigenvalue weighted by Crippen LogP contribution is -2.22. The molecule has 4 aromatic rings. The Kier molecular flexibility index (Phi) is 12.0. The molecule has 0 saturated heterocycles. The summed E-state index contributed by atoms with van der Waals surface area (Å²) in [6.07, 6.45) is -1.95. The minimum atomic E-state index is -0.754. The molecule has 0 N–H and O–H groups in total. The lowest BCUT2D eigenvalue weighted by atomic mass is 10.0. The first-order valence-corrected chi connectivity index (χ1v) is 15.4. The van der Waals surface area contributed by atoms with Crippen LogP contribution in [0.3, 0.4) is 0 Å². The Morgan fingerprint density at radius 2 is 0.735 bits per heavy atom. The van der Waals surface area contributed by atoms with Gasteiger partial charge in [0, 0.05) is 13.8 Å². The van der Waals surface area contributed by atoms with Crippen LogP contribution in [0.2, 0.25) is 0 Å². The van der Waals surface area contributed by atoms with Gasteiger partial charge < -0.3 is 28.4 Å². The zero-order valence-corrected chi connectivity index (χ0v) is 27.7. The molecule has 0 amide bonds. The van der Waals surface area contributed by atoms with Crippen LogP contribution in [0.4, 0.5) is 0 Å². The van der Waals surface area contributed by atoms with Crippen molar-refractivity contribution in [1.29, 1.82) is 0 Å². The highest BCUT2D eigenvalue weighted by molar-refractivity contribution is 6.00. The molecule has 12 nitrogen and oxygen atoms in total. The average Bonchev–Trinajstić information content (AvgIpc) is 3.07. The Morgan fingerprint density at radius 3 is 1.06 bits per heavy atom. The van der Waals surface area contributed by atoms with Crippen molar-refractivity contribution < 1.29 is 57.2 Å². The van der Waals surface area contributed by atoms with Gasteiger partial charge in [0.25, 0.3) is 0 Å². The van der Waals surface area contributed by atoms with Crippen molar-refractivity contribution >= 4 is 57.4 Å². The van der Waals surface area contributed by atoms with E-state index >= 15 is 0 Å². The quantitative estimate of drug-likeness (QED) is 0.128. The minimum absolute atomic E-state index is 0.0496. The zero-order chi connectivity index (χ0) is 35.7. The highest BCUT2D eigenvalue weighted by atomic mass is 16.6. The summed E-state index contributed by atoms with van der Waals surface area (Å²) in [5.74, 6) is -3.32. The number of benzene rings is 4. The topological polar surface area (TPSA) is 158 Å². The number of fused-ring (bicyclic) bond motifs is 2. The first kappa shape index (κ1) is 36.1. The molecule has 0 aliphatic rings. The fourth-order valence-electron chi connectivity index (χ4n) is 4.67. The van der Waals surface area contributed by atoms with Gasteiger partial charge in [-0.1, -0.05) is 24.3 Å². The first-order chi connectivity index (χ1) is 23.3. The van der Waals surface area contributed by atoms with Crippen LogP contribution < -0.4 is 0 Å². The molecule has 4 rings (SSSR count). The molecule has 0 fully saturated rings. The summed E-state index contributed by atoms with van der Waals surface area (Å²) >= 11 is 0. The van der Waals surface area contributed by atoms with Gasteiger partial charge in [0.15, 0.2) is 0 Å². The summed E-state index contributed by atoms with van der Waals surface area (Å²) in [5.41, 5.74) is 1.14. The summed E-state index contributed by atoms with van der Waals surface area (Å²) in [6.45, 7) is 7.05. The van der Waals surface area contributed by atoms with Crippen molar-refractivity contribution in [3.63, 3.8) is 0 Å². The van der Waals surface area contributed by atoms with Crippen LogP contribution in [0, 0.1) is 0 Å². The Morgan fingerprint density at radius 1 is 0.429 bits per heavy atom. The Bertz CT molecular complexity index is 1900. The van der Waals surface area contributed by atoms with Crippen molar-refractivity contribution in [3.8, 4) is 0 Å². The van der Waals surface area contributed by atoms with Crippen LogP contribution in [0.5, 0.6) is 0 Å². The van der Waals surface area contributed by atoms with E-state index in [-0.39, 0.29) is 30.9 Å². The van der Waals surface area contributed by atoms with Crippen molar-refractivity contribution in [1.82, 2.24) is 0 Å². The maximum Gasteiger partial charge on any atom is 0.338 e. The number of hydrogen-bond donors (Lipinski definition) is 0. The largest absolute Gasteiger partial charge is 0.462 e. The number of carbonyl (C=O) groups excluding carboxylic acids is 6. The molecule has 0 aliphatic heterocycles. The Hall–Kier alpha value is -5.78. The van der Waals surface area contributed by atoms with Crippen LogP contribution in [0.1, 0.15) is 76.1 Å². The number of ether oxygens (including phenoxy) is 6. The van der Waals surface area contributed by atoms with E-state index in [2.05, 4.69) is 0 Å². The molecule has 256 valence electrons. The van der Waals surface area contributed by atoms with Gasteiger partial charge in [-0.2, -0.15) is 0 Å². The van der Waals surface area contributed by atoms with Gasteiger partial charge in [-0.3, -0.25) is 9.59 Å². The van der Waals surface area contributed by atoms with Gasteiger partial charge in [0.2, 0.25) is 0 Å². The number of carbonyl (C=O) groups is 6. The van der Waals surface area contributed by atoms with Gasteiger partial charge in [-0.15, -0.1) is 0 Å². The van der Waals surface area contributed by atoms with Crippen molar-refractivity contribution in [3.05, 3.63) is 95.1 Å². The van der Waals surface area contributed by atoms with Crippen molar-refractivity contribution in [2.24, 2.45) is 0 Å². The van der Waals surface area contributed by atoms with Gasteiger partial charge in [-0.25, -0.2) is 19.2 Å². The van der Waals surface area contributed by atoms with Gasteiger partial charge >= 0.3 is 35.8 Å². The van der Waals surface area contributed by atoms with Crippen molar-refractivity contribution in [2.45, 2.75) is 52.9 Å². The average molecular weight is 673 g/mol. The van der Waals surface area contributed by atoms with Crippen molar-refractivity contribution in [2.75, 3.05) is 19.8 Å². The van der Waals surface area contributed by atoms with Gasteiger partial charge in [0.05, 0.1) is 22.3 Å². The molecule has 0 bridgehead atoms. The summed E-state index contributed by atoms with van der Waals surface area (Å²) in [6, 6.07) is 19.4. The summed E-state index contributed by atoms with van der Waals surface area (Å²) in [5, 5.41) is 2.76. The monoisotopic (exact) mass is 672 g/mol. The summed E-state index contributed by atoms with van der Waals surface area (Å²) < 4.78 is 31.2. The van der Waals surface area contributed by atoms with Crippen LogP contribution in [-0.2, 0) is 38.0 Å². The molecule has 49 heavy (non-hydrogen) atoms. The van der Waals surface area contributed by atoms with Crippen LogP contribution in [0.25, 0.3) is 21.5 Å². The third-order valence-electron chi connectivity index (χ3n) is 7.03. The molecular formula is C37H36O12. The van der Waals surface area contributed by atoms with Gasteiger partial charge in [-0.05, 0) is 90.8 Å². The molecule has 4 aromatic carbocycles. The SMILES string of the molecule is CC(=O)OCC(C)OC(=O)c1ccc2cc(C(=O)OCC(C)OC(=O)c3ccc4cc(C(=O)OCC(C)OC(C)=O)ccc4c3)ccc2c1. The third kappa shape index (κ3) is 10.4. The second-order valence-corrected chi connectivity index (χ2v) is 11.4. The van der Waals surface area contributed by atoms with E-state index in [0.717, 1.165) is 0 Å². The molecule has 0 heterocycles. The third-order valence-corrected chi connectivity index (χ3v) is 7.03. The summed E-state index contributed by atoms with van der Waals surface area (Å²) in [4.78, 5) is 72.5. The maximum atomic E-state index is 12.8. The van der Waals surface area contributed by atoms with E-state index < -0.39 is 54.1 Å². The second-order valence-electron chi connectivity index (χ2n) is 11.4. The van der Waals surface area contributed by atoms with E-state index in [1.54, 1.807) is 93.6 Å². The first-order valence-electron chi connectivity index (χ1n) is 15.4. The van der Waals surface area contributed by atoms with E-state index in [1.807, 2.05) is 0 Å². The Labute approximate surface area is 282 Å². The molecule has 0 spiro atoms. The van der Waals surface area contributed by atoms with Gasteiger partial charge in [0.1, 0.15) is 38.1 Å². The second kappa shape index (κ2) is 16.4. The molecule has 0 aliphatic carbocycles. The molecule has 3 atom stereocenters. The highest BCUT2D eigenvalue weighted by Gasteiger charge is 2.18. The predicted octanol–water partition coefficient (Wildman–Crippen LogP) is 5.61. The molecule has 3 unspecified atom stereocenters. The minimum Gasteiger partial charge on any atom is -0.462 e. The summed E-state index contributed by atoms with van der Waals surface area (Å²) in [7, 11) is 0. The van der Waals surface area contributed by atoms with E-state index in [9.17, 15) is 28.8 Å². The standard InChI is InChI=1S/C37H36O12/c1-21(47-25(5)39)19-45-34(40)30-10-6-29-17-33(13-9-26(29)14-30)37(43)49-23(3)20-46-35(41)31-11-7-28-16-32(12-8-27(28)15-31)36(42)48-22(2)18-44-24(4)38/h6-17,21-23H,18-20H2,1-5H3. The fourth-order valence-corrected chi connectivity index (χ4v) is 4.67. The highest BCUT2D eigenvalue weighted by Crippen LogP contribution is 2.22. The lowest BCUT2D eigenvalue weighted by molar-refractivity contribution is -0.147. The Balaban J connectivity index is 1.29. The van der Waals surface area contributed by atoms with Crippen LogP contribution >= 0.6 is 0 Å². The molecule has 0 saturated carbocycles. The van der Waals surface area contributed by atoms with E-state index in [0.29, 0.717) is 32.7 Å². The molecule has 0 radical (unpaired) electrons. The van der Waals surface area contributed by atoms with Crippen LogP contribution in [-0.4, -0.2) is 73.9 Å². The smallest absolute Gasteiger partial charge is 0.338 e. The number of hydrogen-bond acceptors (Lipinski definition) is 12. The molecule has 12 heteroatoms. The lowest BCUT2D eigenvalue weighted by Gasteiger charge is -2.15. The fraction of sp³-hybridized carbons (Fsp3) is 0.297. The molecule has 0 aromatic heterocycles. The predicted molar refractivity (Wildman–Crippen MR) is 176 cm³/mol. The maximum absolute atomic E-state index is 12.8. The zero-order valence-electron chi connectivity index (χ0n) is 27.7. The number of esters is 6. The normalized spacial score (nSPS) is 12.7. The van der Waals surface area contributed by atoms with Crippen LogP contribution in [0.15, 0.2) is 72.8 Å².